The van der Waals surface area contributed by atoms with E-state index in [0.717, 1.165) is 29.8 Å². The van der Waals surface area contributed by atoms with Crippen LogP contribution in [0.5, 0.6) is 0 Å². The SMILES string of the molecule is CC/C=C(/C(=C\C=C(/C)F)c1ccc2c(c1)CNC2)C(F)(F)F. The minimum atomic E-state index is -4.49. The minimum Gasteiger partial charge on any atom is -0.309 e. The Hall–Kier alpha value is -1.88. The van der Waals surface area contributed by atoms with Crippen molar-refractivity contribution in [1.82, 2.24) is 5.32 Å². The molecule has 0 radical (unpaired) electrons. The first-order valence-corrected chi connectivity index (χ1v) is 7.47. The van der Waals surface area contributed by atoms with Gasteiger partial charge in [0.1, 0.15) is 0 Å². The molecule has 0 saturated heterocycles. The third kappa shape index (κ3) is 4.32. The highest BCUT2D eigenvalue weighted by Gasteiger charge is 2.36. The van der Waals surface area contributed by atoms with Crippen LogP contribution in [0, 0.1) is 0 Å². The van der Waals surface area contributed by atoms with Gasteiger partial charge in [0.15, 0.2) is 0 Å². The molecule has 0 bridgehead atoms. The highest BCUT2D eigenvalue weighted by atomic mass is 19.4. The van der Waals surface area contributed by atoms with Gasteiger partial charge in [-0.3, -0.25) is 0 Å². The molecule has 5 heteroatoms. The first-order chi connectivity index (χ1) is 10.8. The van der Waals surface area contributed by atoms with Crippen LogP contribution in [0.1, 0.15) is 37.0 Å². The Bertz CT molecular complexity index is 662. The van der Waals surface area contributed by atoms with E-state index in [9.17, 15) is 17.6 Å². The van der Waals surface area contributed by atoms with Crippen LogP contribution in [0.2, 0.25) is 0 Å². The van der Waals surface area contributed by atoms with Crippen LogP contribution in [0.15, 0.2) is 47.8 Å². The van der Waals surface area contributed by atoms with Gasteiger partial charge >= 0.3 is 6.18 Å². The molecule has 2 rings (SSSR count). The van der Waals surface area contributed by atoms with E-state index >= 15 is 0 Å². The van der Waals surface area contributed by atoms with E-state index in [2.05, 4.69) is 5.32 Å². The number of fused-ring (bicyclic) bond motifs is 1. The maximum atomic E-state index is 13.4. The van der Waals surface area contributed by atoms with Crippen LogP contribution in [-0.4, -0.2) is 6.18 Å². The normalized spacial score (nSPS) is 16.7. The maximum absolute atomic E-state index is 13.4. The summed E-state index contributed by atoms with van der Waals surface area (Å²) in [5.74, 6) is -0.539. The summed E-state index contributed by atoms with van der Waals surface area (Å²) in [6.45, 7) is 4.20. The van der Waals surface area contributed by atoms with Crippen molar-refractivity contribution in [3.05, 3.63) is 64.5 Å². The topological polar surface area (TPSA) is 12.0 Å². The van der Waals surface area contributed by atoms with E-state index in [0.29, 0.717) is 12.1 Å². The molecule has 0 aromatic heterocycles. The quantitative estimate of drug-likeness (QED) is 0.574. The zero-order valence-electron chi connectivity index (χ0n) is 13.1. The van der Waals surface area contributed by atoms with Gasteiger partial charge in [-0.15, -0.1) is 0 Å². The maximum Gasteiger partial charge on any atom is 0.416 e. The zero-order valence-corrected chi connectivity index (χ0v) is 13.1. The van der Waals surface area contributed by atoms with E-state index in [1.807, 2.05) is 6.07 Å². The lowest BCUT2D eigenvalue weighted by atomic mass is 9.93. The molecule has 0 fully saturated rings. The third-order valence-electron chi connectivity index (χ3n) is 3.63. The number of alkyl halides is 3. The predicted octanol–water partition coefficient (Wildman–Crippen LogP) is 5.45. The molecule has 0 atom stereocenters. The molecule has 1 aliphatic heterocycles. The van der Waals surface area contributed by atoms with Crippen molar-refractivity contribution in [3.63, 3.8) is 0 Å². The fraction of sp³-hybridized carbons (Fsp3) is 0.333. The van der Waals surface area contributed by atoms with Crippen molar-refractivity contribution < 1.29 is 17.6 Å². The van der Waals surface area contributed by atoms with Crippen LogP contribution in [-0.2, 0) is 13.1 Å². The molecule has 1 heterocycles. The number of hydrogen-bond acceptors (Lipinski definition) is 1. The van der Waals surface area contributed by atoms with Crippen molar-refractivity contribution in [2.75, 3.05) is 0 Å². The summed E-state index contributed by atoms with van der Waals surface area (Å²) in [4.78, 5) is 0. The van der Waals surface area contributed by atoms with Crippen molar-refractivity contribution in [2.24, 2.45) is 0 Å². The number of halogens is 4. The molecule has 0 aliphatic carbocycles. The average molecular weight is 325 g/mol. The second-order valence-electron chi connectivity index (χ2n) is 5.44. The third-order valence-corrected chi connectivity index (χ3v) is 3.63. The van der Waals surface area contributed by atoms with Crippen molar-refractivity contribution in [2.45, 2.75) is 39.5 Å². The molecular weight excluding hydrogens is 306 g/mol. The Labute approximate surface area is 133 Å². The fourth-order valence-corrected chi connectivity index (χ4v) is 2.58. The van der Waals surface area contributed by atoms with E-state index < -0.39 is 17.6 Å². The molecule has 1 N–H and O–H groups in total. The molecule has 23 heavy (non-hydrogen) atoms. The summed E-state index contributed by atoms with van der Waals surface area (Å²) in [7, 11) is 0. The van der Waals surface area contributed by atoms with Gasteiger partial charge in [0.2, 0.25) is 0 Å². The first-order valence-electron chi connectivity index (χ1n) is 7.47. The highest BCUT2D eigenvalue weighted by Crippen LogP contribution is 2.38. The zero-order chi connectivity index (χ0) is 17.0. The number of allylic oxidation sites excluding steroid dienone is 6. The summed E-state index contributed by atoms with van der Waals surface area (Å²) in [6, 6.07) is 5.23. The number of benzene rings is 1. The van der Waals surface area contributed by atoms with Gasteiger partial charge in [-0.2, -0.15) is 13.2 Å². The van der Waals surface area contributed by atoms with Gasteiger partial charge in [-0.25, -0.2) is 4.39 Å². The molecule has 1 nitrogen and oxygen atoms in total. The largest absolute Gasteiger partial charge is 0.416 e. The molecule has 1 aromatic carbocycles. The fourth-order valence-electron chi connectivity index (χ4n) is 2.58. The number of nitrogens with one attached hydrogen (secondary N) is 1. The Balaban J connectivity index is 2.57. The van der Waals surface area contributed by atoms with Crippen molar-refractivity contribution in [1.29, 1.82) is 0 Å². The Morgan fingerprint density at radius 3 is 2.48 bits per heavy atom. The summed E-state index contributed by atoms with van der Waals surface area (Å²) in [6.07, 6.45) is -0.836. The minimum absolute atomic E-state index is 0.00829. The molecule has 0 saturated carbocycles. The Morgan fingerprint density at radius 2 is 1.87 bits per heavy atom. The smallest absolute Gasteiger partial charge is 0.309 e. The van der Waals surface area contributed by atoms with E-state index in [-0.39, 0.29) is 12.0 Å². The summed E-state index contributed by atoms with van der Waals surface area (Å²) in [5.41, 5.74) is 1.77. The van der Waals surface area contributed by atoms with Crippen LogP contribution >= 0.6 is 0 Å². The van der Waals surface area contributed by atoms with E-state index in [4.69, 9.17) is 0 Å². The number of hydrogen-bond donors (Lipinski definition) is 1. The molecule has 0 spiro atoms. The van der Waals surface area contributed by atoms with Gasteiger partial charge < -0.3 is 5.32 Å². The van der Waals surface area contributed by atoms with Crippen LogP contribution in [0.4, 0.5) is 17.6 Å². The van der Waals surface area contributed by atoms with E-state index in [1.165, 1.54) is 13.0 Å². The molecule has 124 valence electrons. The van der Waals surface area contributed by atoms with Gasteiger partial charge in [-0.1, -0.05) is 31.2 Å². The second-order valence-corrected chi connectivity index (χ2v) is 5.44. The lowest BCUT2D eigenvalue weighted by Gasteiger charge is -2.16. The van der Waals surface area contributed by atoms with Crippen LogP contribution in [0.3, 0.4) is 0 Å². The van der Waals surface area contributed by atoms with Gasteiger partial charge in [0, 0.05) is 13.1 Å². The molecule has 1 aliphatic rings. The van der Waals surface area contributed by atoms with Crippen molar-refractivity contribution >= 4 is 5.57 Å². The highest BCUT2D eigenvalue weighted by molar-refractivity contribution is 5.81. The van der Waals surface area contributed by atoms with Gasteiger partial charge in [0.05, 0.1) is 11.4 Å². The molecule has 1 aromatic rings. The van der Waals surface area contributed by atoms with Gasteiger partial charge in [0.25, 0.3) is 0 Å². The molecule has 0 unspecified atom stereocenters. The summed E-state index contributed by atoms with van der Waals surface area (Å²) < 4.78 is 53.3. The number of rotatable bonds is 4. The summed E-state index contributed by atoms with van der Waals surface area (Å²) >= 11 is 0. The lowest BCUT2D eigenvalue weighted by molar-refractivity contribution is -0.0873. The second kappa shape index (κ2) is 7.13. The molecule has 0 amide bonds. The summed E-state index contributed by atoms with van der Waals surface area (Å²) in [5, 5.41) is 3.16. The average Bonchev–Trinajstić information content (AvgIpc) is 2.92. The Kier molecular flexibility index (Phi) is 5.42. The standard InChI is InChI=1S/C18H19F4N/c1-3-4-17(18(20,21)22)16(8-5-12(2)19)13-6-7-14-10-23-11-15(14)9-13/h4-9,23H,3,10-11H2,1-2H3/b12-5+,16-8-,17-4-. The van der Waals surface area contributed by atoms with E-state index in [1.54, 1.807) is 19.1 Å². The first kappa shape index (κ1) is 17.5. The van der Waals surface area contributed by atoms with Crippen LogP contribution < -0.4 is 5.32 Å². The predicted molar refractivity (Wildman–Crippen MR) is 84.3 cm³/mol. The van der Waals surface area contributed by atoms with Gasteiger partial charge in [-0.05, 0) is 47.8 Å². The van der Waals surface area contributed by atoms with Crippen LogP contribution in [0.25, 0.3) is 5.57 Å². The Morgan fingerprint density at radius 1 is 1.17 bits per heavy atom. The lowest BCUT2D eigenvalue weighted by Crippen LogP contribution is -2.13. The molecular formula is C18H19F4N. The van der Waals surface area contributed by atoms with Crippen molar-refractivity contribution in [3.8, 4) is 0 Å². The monoisotopic (exact) mass is 325 g/mol.